The van der Waals surface area contributed by atoms with Crippen LogP contribution in [0.25, 0.3) is 0 Å². The topological polar surface area (TPSA) is 71.0 Å². The summed E-state index contributed by atoms with van der Waals surface area (Å²) in [6, 6.07) is 11.9. The molecule has 1 aliphatic rings. The minimum absolute atomic E-state index is 0.315. The lowest BCUT2D eigenvalue weighted by Crippen LogP contribution is -2.45. The van der Waals surface area contributed by atoms with Crippen LogP contribution >= 0.6 is 11.6 Å². The average molecular weight is 404 g/mol. The van der Waals surface area contributed by atoms with Crippen molar-refractivity contribution in [3.8, 4) is 11.6 Å². The number of aromatic nitrogens is 1. The molecule has 28 heavy (non-hydrogen) atoms. The van der Waals surface area contributed by atoms with Crippen LogP contribution in [0.3, 0.4) is 0 Å². The van der Waals surface area contributed by atoms with Gasteiger partial charge in [0.1, 0.15) is 12.4 Å². The van der Waals surface area contributed by atoms with Gasteiger partial charge in [0.15, 0.2) is 5.96 Å². The first-order chi connectivity index (χ1) is 13.7. The molecule has 0 spiro atoms. The number of aliphatic imine (C=N–C) groups is 1. The molecule has 1 aromatic heterocycles. The first kappa shape index (κ1) is 20.1. The van der Waals surface area contributed by atoms with E-state index in [2.05, 4.69) is 31.6 Å². The molecule has 1 aromatic carbocycles. The average Bonchev–Trinajstić information content (AvgIpc) is 3.20. The molecular weight excluding hydrogens is 378 g/mol. The maximum Gasteiger partial charge on any atom is 0.213 e. The Morgan fingerprint density at radius 3 is 2.93 bits per heavy atom. The van der Waals surface area contributed by atoms with Crippen LogP contribution in [0.2, 0.25) is 5.02 Å². The van der Waals surface area contributed by atoms with Crippen molar-refractivity contribution in [3.05, 3.63) is 47.6 Å². The van der Waals surface area contributed by atoms with Crippen LogP contribution in [0.4, 0.5) is 5.69 Å². The molecule has 0 amide bonds. The number of pyridine rings is 1. The predicted molar refractivity (Wildman–Crippen MR) is 113 cm³/mol. The highest BCUT2D eigenvalue weighted by Gasteiger charge is 2.25. The predicted octanol–water partition coefficient (Wildman–Crippen LogP) is 2.57. The molecule has 1 aliphatic heterocycles. The lowest BCUT2D eigenvalue weighted by molar-refractivity contribution is 0.309. The van der Waals surface area contributed by atoms with Crippen LogP contribution in [0.1, 0.15) is 6.42 Å². The van der Waals surface area contributed by atoms with E-state index in [-0.39, 0.29) is 0 Å². The molecule has 1 saturated heterocycles. The fourth-order valence-corrected chi connectivity index (χ4v) is 3.26. The number of halogens is 1. The lowest BCUT2D eigenvalue weighted by atomic mass is 10.2. The third-order valence-electron chi connectivity index (χ3n) is 4.52. The minimum Gasteiger partial charge on any atom is -0.495 e. The Morgan fingerprint density at radius 1 is 1.32 bits per heavy atom. The van der Waals surface area contributed by atoms with Crippen molar-refractivity contribution in [3.63, 3.8) is 0 Å². The first-order valence-electron chi connectivity index (χ1n) is 9.29. The summed E-state index contributed by atoms with van der Waals surface area (Å²) in [4.78, 5) is 10.7. The molecule has 3 rings (SSSR count). The van der Waals surface area contributed by atoms with Crippen molar-refractivity contribution < 1.29 is 9.47 Å². The number of hydrogen-bond donors (Lipinski definition) is 2. The van der Waals surface area contributed by atoms with Gasteiger partial charge in [0, 0.05) is 38.4 Å². The Balaban J connectivity index is 1.43. The van der Waals surface area contributed by atoms with Crippen LogP contribution in [0.15, 0.2) is 47.6 Å². The Hall–Kier alpha value is -2.67. The number of hydrogen-bond acceptors (Lipinski definition) is 5. The highest BCUT2D eigenvalue weighted by Crippen LogP contribution is 2.30. The molecule has 1 fully saturated rings. The molecule has 2 aromatic rings. The van der Waals surface area contributed by atoms with Gasteiger partial charge in [-0.2, -0.15) is 0 Å². The van der Waals surface area contributed by atoms with E-state index in [1.54, 1.807) is 32.5 Å². The second kappa shape index (κ2) is 10.0. The standard InChI is InChI=1S/C20H26ClN5O2/c1-22-20(23-10-12-28-19-8-7-15(21)13-24-19)25-16-9-11-26(14-16)17-5-3-4-6-18(17)27-2/h3-8,13,16H,9-12,14H2,1-2H3,(H2,22,23,25). The van der Waals surface area contributed by atoms with Gasteiger partial charge in [-0.05, 0) is 24.6 Å². The van der Waals surface area contributed by atoms with Gasteiger partial charge in [0.2, 0.25) is 5.88 Å². The van der Waals surface area contributed by atoms with Gasteiger partial charge in [-0.1, -0.05) is 23.7 Å². The van der Waals surface area contributed by atoms with Gasteiger partial charge in [-0.3, -0.25) is 4.99 Å². The van der Waals surface area contributed by atoms with E-state index in [1.165, 1.54) is 0 Å². The number of rotatable bonds is 7. The Labute approximate surface area is 170 Å². The number of ether oxygens (including phenoxy) is 2. The number of para-hydroxylation sites is 2. The zero-order chi connectivity index (χ0) is 19.8. The van der Waals surface area contributed by atoms with Crippen LogP contribution in [-0.4, -0.2) is 57.4 Å². The second-order valence-corrected chi connectivity index (χ2v) is 6.85. The molecule has 1 atom stereocenters. The molecule has 0 saturated carbocycles. The van der Waals surface area contributed by atoms with Crippen LogP contribution in [0.5, 0.6) is 11.6 Å². The number of guanidine groups is 1. The fourth-order valence-electron chi connectivity index (χ4n) is 3.15. The maximum absolute atomic E-state index is 5.82. The van der Waals surface area contributed by atoms with Gasteiger partial charge < -0.3 is 25.0 Å². The summed E-state index contributed by atoms with van der Waals surface area (Å²) in [5.74, 6) is 2.22. The summed E-state index contributed by atoms with van der Waals surface area (Å²) < 4.78 is 11.1. The summed E-state index contributed by atoms with van der Waals surface area (Å²) >= 11 is 5.82. The van der Waals surface area contributed by atoms with E-state index in [1.807, 2.05) is 18.2 Å². The van der Waals surface area contributed by atoms with Crippen molar-refractivity contribution >= 4 is 23.2 Å². The molecule has 2 heterocycles. The molecule has 2 N–H and O–H groups in total. The molecule has 0 radical (unpaired) electrons. The highest BCUT2D eigenvalue weighted by atomic mass is 35.5. The van der Waals surface area contributed by atoms with E-state index < -0.39 is 0 Å². The maximum atomic E-state index is 5.82. The molecule has 150 valence electrons. The lowest BCUT2D eigenvalue weighted by Gasteiger charge is -2.22. The number of benzene rings is 1. The van der Waals surface area contributed by atoms with Gasteiger partial charge in [-0.15, -0.1) is 0 Å². The first-order valence-corrected chi connectivity index (χ1v) is 9.67. The Kier molecular flexibility index (Phi) is 7.19. The molecular formula is C20H26ClN5O2. The minimum atomic E-state index is 0.315. The van der Waals surface area contributed by atoms with Crippen molar-refractivity contribution in [1.82, 2.24) is 15.6 Å². The molecule has 1 unspecified atom stereocenters. The van der Waals surface area contributed by atoms with Gasteiger partial charge >= 0.3 is 0 Å². The molecule has 0 aliphatic carbocycles. The quantitative estimate of drug-likeness (QED) is 0.420. The van der Waals surface area contributed by atoms with E-state index in [4.69, 9.17) is 21.1 Å². The van der Waals surface area contributed by atoms with Crippen LogP contribution < -0.4 is 25.0 Å². The number of nitrogens with zero attached hydrogens (tertiary/aromatic N) is 3. The zero-order valence-corrected chi connectivity index (χ0v) is 16.9. The van der Waals surface area contributed by atoms with E-state index in [9.17, 15) is 0 Å². The van der Waals surface area contributed by atoms with Crippen LogP contribution in [-0.2, 0) is 0 Å². The summed E-state index contributed by atoms with van der Waals surface area (Å²) in [5.41, 5.74) is 1.13. The van der Waals surface area contributed by atoms with Crippen molar-refractivity contribution in [1.29, 1.82) is 0 Å². The van der Waals surface area contributed by atoms with Gasteiger partial charge in [0.05, 0.1) is 24.4 Å². The number of methoxy groups -OCH3 is 1. The summed E-state index contributed by atoms with van der Waals surface area (Å²) in [6.45, 7) is 2.97. The van der Waals surface area contributed by atoms with Crippen molar-refractivity contribution in [2.45, 2.75) is 12.5 Å². The Morgan fingerprint density at radius 2 is 2.18 bits per heavy atom. The molecule has 0 bridgehead atoms. The highest BCUT2D eigenvalue weighted by molar-refractivity contribution is 6.30. The SMILES string of the molecule is CN=C(NCCOc1ccc(Cl)cn1)NC1CCN(c2ccccc2OC)C1. The fraction of sp³-hybridized carbons (Fsp3) is 0.400. The monoisotopic (exact) mass is 403 g/mol. The summed E-state index contributed by atoms with van der Waals surface area (Å²) in [5, 5.41) is 7.34. The molecule has 7 nitrogen and oxygen atoms in total. The normalized spacial score (nSPS) is 16.8. The van der Waals surface area contributed by atoms with E-state index in [0.717, 1.165) is 36.9 Å². The summed E-state index contributed by atoms with van der Waals surface area (Å²) in [7, 11) is 3.47. The largest absolute Gasteiger partial charge is 0.495 e. The zero-order valence-electron chi connectivity index (χ0n) is 16.2. The number of anilines is 1. The number of nitrogens with one attached hydrogen (secondary N) is 2. The van der Waals surface area contributed by atoms with E-state index >= 15 is 0 Å². The summed E-state index contributed by atoms with van der Waals surface area (Å²) in [6.07, 6.45) is 2.60. The van der Waals surface area contributed by atoms with Crippen LogP contribution in [0, 0.1) is 0 Å². The van der Waals surface area contributed by atoms with Crippen molar-refractivity contribution in [2.75, 3.05) is 45.3 Å². The van der Waals surface area contributed by atoms with Gasteiger partial charge in [0.25, 0.3) is 0 Å². The van der Waals surface area contributed by atoms with E-state index in [0.29, 0.717) is 30.1 Å². The smallest absolute Gasteiger partial charge is 0.213 e. The third kappa shape index (κ3) is 5.42. The second-order valence-electron chi connectivity index (χ2n) is 6.41. The molecule has 8 heteroatoms. The third-order valence-corrected chi connectivity index (χ3v) is 4.75. The van der Waals surface area contributed by atoms with Gasteiger partial charge in [-0.25, -0.2) is 4.98 Å². The van der Waals surface area contributed by atoms with Crippen molar-refractivity contribution in [2.24, 2.45) is 4.99 Å². The Bertz CT molecular complexity index is 784.